The van der Waals surface area contributed by atoms with Crippen molar-refractivity contribution in [2.45, 2.75) is 25.7 Å². The summed E-state index contributed by atoms with van der Waals surface area (Å²) in [6, 6.07) is 0. The Hall–Kier alpha value is -0.150. The van der Waals surface area contributed by atoms with Crippen LogP contribution in [0.3, 0.4) is 0 Å². The summed E-state index contributed by atoms with van der Waals surface area (Å²) in [6.45, 7) is 0. The van der Waals surface area contributed by atoms with E-state index in [0.717, 1.165) is 24.2 Å². The van der Waals surface area contributed by atoms with E-state index in [1.807, 2.05) is 0 Å². The average Bonchev–Trinajstić information content (AvgIpc) is 2.44. The van der Waals surface area contributed by atoms with Gasteiger partial charge >= 0.3 is 0 Å². The van der Waals surface area contributed by atoms with Crippen molar-refractivity contribution in [2.24, 2.45) is 5.92 Å². The van der Waals surface area contributed by atoms with Crippen LogP contribution in [0.5, 0.6) is 0 Å². The lowest BCUT2D eigenvalue weighted by molar-refractivity contribution is 0.529. The van der Waals surface area contributed by atoms with Crippen LogP contribution < -0.4 is 0 Å². The van der Waals surface area contributed by atoms with E-state index in [2.05, 4.69) is 0 Å². The third-order valence-corrected chi connectivity index (χ3v) is 3.32. The van der Waals surface area contributed by atoms with E-state index >= 15 is 0 Å². The second-order valence-electron chi connectivity index (χ2n) is 3.07. The van der Waals surface area contributed by atoms with Gasteiger partial charge in [0.2, 0.25) is 0 Å². The molecule has 3 heteroatoms. The quantitative estimate of drug-likeness (QED) is 0.538. The Kier molecular flexibility index (Phi) is 1.42. The third-order valence-electron chi connectivity index (χ3n) is 2.46. The minimum absolute atomic E-state index is 0.669. The lowest BCUT2D eigenvalue weighted by Crippen LogP contribution is -1.99. The Labute approximate surface area is 62.6 Å². The number of rotatable bonds is 1. The molecule has 0 spiro atoms. The SMILES string of the molecule is O=S([O-])C1=C2CCC(C2)C1. The predicted octanol–water partition coefficient (Wildman–Crippen LogP) is 1.32. The molecule has 0 aliphatic heterocycles. The first-order chi connectivity index (χ1) is 4.77. The maximum absolute atomic E-state index is 10.5. The number of hydrogen-bond acceptors (Lipinski definition) is 2. The van der Waals surface area contributed by atoms with E-state index in [9.17, 15) is 8.76 Å². The number of hydrogen-bond donors (Lipinski definition) is 0. The molecule has 2 atom stereocenters. The standard InChI is InChI=1S/C7H10O2S/c8-10(9)7-4-5-1-2-6(7)3-5/h5H,1-4H2,(H,8,9)/p-1. The van der Waals surface area contributed by atoms with Crippen LogP contribution in [-0.4, -0.2) is 8.76 Å². The van der Waals surface area contributed by atoms with Crippen molar-refractivity contribution in [2.75, 3.05) is 0 Å². The van der Waals surface area contributed by atoms with Crippen molar-refractivity contribution in [1.82, 2.24) is 0 Å². The molecule has 2 aliphatic carbocycles. The largest absolute Gasteiger partial charge is 0.769 e. The fourth-order valence-corrected chi connectivity index (χ4v) is 2.74. The van der Waals surface area contributed by atoms with E-state index in [4.69, 9.17) is 0 Å². The molecule has 2 nitrogen and oxygen atoms in total. The van der Waals surface area contributed by atoms with Gasteiger partial charge in [-0.05, 0) is 42.7 Å². The van der Waals surface area contributed by atoms with Crippen LogP contribution in [0.1, 0.15) is 25.7 Å². The van der Waals surface area contributed by atoms with Crippen LogP contribution in [-0.2, 0) is 11.1 Å². The summed E-state index contributed by atoms with van der Waals surface area (Å²) in [5, 5.41) is 0. The average molecular weight is 157 g/mol. The highest BCUT2D eigenvalue weighted by Gasteiger charge is 2.30. The smallest absolute Gasteiger partial charge is 0.00190 e. The molecule has 2 bridgehead atoms. The van der Waals surface area contributed by atoms with Crippen molar-refractivity contribution in [3.8, 4) is 0 Å². The van der Waals surface area contributed by atoms with Crippen LogP contribution in [0.2, 0.25) is 0 Å². The zero-order valence-corrected chi connectivity index (χ0v) is 6.45. The Balaban J connectivity index is 2.30. The first-order valence-electron chi connectivity index (χ1n) is 3.57. The minimum atomic E-state index is -1.91. The topological polar surface area (TPSA) is 40.1 Å². The molecular weight excluding hydrogens is 148 g/mol. The maximum Gasteiger partial charge on any atom is 0.00190 e. The molecule has 0 aromatic carbocycles. The van der Waals surface area contributed by atoms with Gasteiger partial charge in [-0.1, -0.05) is 5.57 Å². The van der Waals surface area contributed by atoms with E-state index in [0.29, 0.717) is 5.92 Å². The zero-order valence-electron chi connectivity index (χ0n) is 5.63. The van der Waals surface area contributed by atoms with Crippen LogP contribution in [0.15, 0.2) is 10.5 Å². The van der Waals surface area contributed by atoms with Crippen molar-refractivity contribution in [3.05, 3.63) is 10.5 Å². The molecule has 0 saturated heterocycles. The van der Waals surface area contributed by atoms with Gasteiger partial charge in [-0.25, -0.2) is 0 Å². The van der Waals surface area contributed by atoms with Gasteiger partial charge in [0.25, 0.3) is 0 Å². The molecule has 2 rings (SSSR count). The van der Waals surface area contributed by atoms with Crippen molar-refractivity contribution in [1.29, 1.82) is 0 Å². The van der Waals surface area contributed by atoms with Crippen molar-refractivity contribution in [3.63, 3.8) is 0 Å². The summed E-state index contributed by atoms with van der Waals surface area (Å²) in [4.78, 5) is 0.719. The van der Waals surface area contributed by atoms with Gasteiger partial charge in [0, 0.05) is 4.91 Å². The van der Waals surface area contributed by atoms with Gasteiger partial charge in [0.15, 0.2) is 0 Å². The summed E-state index contributed by atoms with van der Waals surface area (Å²) in [5.41, 5.74) is 1.21. The van der Waals surface area contributed by atoms with Gasteiger partial charge in [-0.2, -0.15) is 0 Å². The molecule has 0 aromatic rings. The summed E-state index contributed by atoms with van der Waals surface area (Å²) in [7, 11) is 0. The monoisotopic (exact) mass is 157 g/mol. The Morgan fingerprint density at radius 3 is 2.60 bits per heavy atom. The number of fused-ring (bicyclic) bond motifs is 2. The molecule has 0 amide bonds. The molecule has 1 fully saturated rings. The van der Waals surface area contributed by atoms with E-state index < -0.39 is 11.1 Å². The highest BCUT2D eigenvalue weighted by Crippen LogP contribution is 2.44. The van der Waals surface area contributed by atoms with Gasteiger partial charge in [-0.3, -0.25) is 4.21 Å². The first kappa shape index (κ1) is 6.55. The fourth-order valence-electron chi connectivity index (χ4n) is 1.95. The second-order valence-corrected chi connectivity index (χ2v) is 4.04. The van der Waals surface area contributed by atoms with Gasteiger partial charge in [0.1, 0.15) is 0 Å². The van der Waals surface area contributed by atoms with Crippen LogP contribution in [0.4, 0.5) is 0 Å². The predicted molar refractivity (Wildman–Crippen MR) is 37.9 cm³/mol. The van der Waals surface area contributed by atoms with E-state index in [-0.39, 0.29) is 0 Å². The summed E-state index contributed by atoms with van der Waals surface area (Å²) in [5.74, 6) is 0.669. The van der Waals surface area contributed by atoms with Gasteiger partial charge in [0.05, 0.1) is 0 Å². The highest BCUT2D eigenvalue weighted by atomic mass is 32.2. The molecule has 56 valence electrons. The zero-order chi connectivity index (χ0) is 7.14. The van der Waals surface area contributed by atoms with Gasteiger partial charge < -0.3 is 4.55 Å². The highest BCUT2D eigenvalue weighted by molar-refractivity contribution is 7.83. The molecule has 1 saturated carbocycles. The summed E-state index contributed by atoms with van der Waals surface area (Å²) in [6.07, 6.45) is 4.14. The fraction of sp³-hybridized carbons (Fsp3) is 0.714. The van der Waals surface area contributed by atoms with E-state index in [1.165, 1.54) is 12.0 Å². The molecule has 2 unspecified atom stereocenters. The Morgan fingerprint density at radius 2 is 2.30 bits per heavy atom. The van der Waals surface area contributed by atoms with Gasteiger partial charge in [-0.15, -0.1) is 0 Å². The second kappa shape index (κ2) is 2.17. The molecule has 0 N–H and O–H groups in total. The summed E-state index contributed by atoms with van der Waals surface area (Å²) >= 11 is -1.91. The Bertz CT molecular complexity index is 220. The van der Waals surface area contributed by atoms with Crippen molar-refractivity contribution < 1.29 is 8.76 Å². The number of allylic oxidation sites excluding steroid dienone is 2. The Morgan fingerprint density at radius 1 is 1.50 bits per heavy atom. The minimum Gasteiger partial charge on any atom is -0.769 e. The lowest BCUT2D eigenvalue weighted by atomic mass is 10.1. The summed E-state index contributed by atoms with van der Waals surface area (Å²) < 4.78 is 21.1. The maximum atomic E-state index is 10.5. The molecule has 0 heterocycles. The van der Waals surface area contributed by atoms with Crippen LogP contribution in [0.25, 0.3) is 0 Å². The normalized spacial score (nSPS) is 33.5. The molecule has 0 radical (unpaired) electrons. The molecule has 2 aliphatic rings. The molecule has 0 aromatic heterocycles. The van der Waals surface area contributed by atoms with E-state index in [1.54, 1.807) is 0 Å². The third kappa shape index (κ3) is 0.847. The molecular formula is C7H9O2S-. The van der Waals surface area contributed by atoms with Crippen LogP contribution in [0, 0.1) is 5.92 Å². The lowest BCUT2D eigenvalue weighted by Gasteiger charge is -2.13. The molecule has 10 heavy (non-hydrogen) atoms. The van der Waals surface area contributed by atoms with Crippen LogP contribution >= 0.6 is 0 Å². The first-order valence-corrected chi connectivity index (χ1v) is 4.65. The van der Waals surface area contributed by atoms with Crippen molar-refractivity contribution >= 4 is 11.1 Å².